The number of aliphatic carboxylic acids is 2. The summed E-state index contributed by atoms with van der Waals surface area (Å²) in [5.74, 6) is -0.140. The van der Waals surface area contributed by atoms with Crippen molar-refractivity contribution in [3.8, 4) is 23.0 Å². The van der Waals surface area contributed by atoms with E-state index in [2.05, 4.69) is 0 Å². The van der Waals surface area contributed by atoms with Crippen LogP contribution in [0.4, 0.5) is 0 Å². The molecule has 0 saturated carbocycles. The first-order valence-corrected chi connectivity index (χ1v) is 6.60. The second-order valence-corrected chi connectivity index (χ2v) is 4.41. The van der Waals surface area contributed by atoms with Crippen molar-refractivity contribution in [2.45, 2.75) is 0 Å². The van der Waals surface area contributed by atoms with Gasteiger partial charge in [-0.15, -0.1) is 0 Å². The maximum atomic E-state index is 10.4. The van der Waals surface area contributed by atoms with Crippen LogP contribution in [0.3, 0.4) is 0 Å². The molecule has 7 nitrogen and oxygen atoms in total. The maximum absolute atomic E-state index is 10.4. The van der Waals surface area contributed by atoms with Gasteiger partial charge in [-0.1, -0.05) is 0 Å². The normalized spacial score (nSPS) is 9.91. The highest BCUT2D eigenvalue weighted by molar-refractivity contribution is 5.68. The second-order valence-electron chi connectivity index (χ2n) is 4.41. The van der Waals surface area contributed by atoms with Gasteiger partial charge in [0.1, 0.15) is 23.0 Å². The van der Waals surface area contributed by atoms with Crippen LogP contribution in [0.15, 0.2) is 48.5 Å². The molecule has 0 aromatic heterocycles. The van der Waals surface area contributed by atoms with Crippen LogP contribution in [0.25, 0.3) is 0 Å². The molecule has 2 aromatic carbocycles. The van der Waals surface area contributed by atoms with Gasteiger partial charge in [-0.2, -0.15) is 0 Å². The van der Waals surface area contributed by atoms with Crippen LogP contribution in [0.1, 0.15) is 0 Å². The van der Waals surface area contributed by atoms with Crippen molar-refractivity contribution in [3.63, 3.8) is 0 Å². The van der Waals surface area contributed by atoms with Gasteiger partial charge in [0, 0.05) is 0 Å². The molecule has 0 bridgehead atoms. The Balaban J connectivity index is 1.91. The zero-order valence-electron chi connectivity index (χ0n) is 12.0. The Labute approximate surface area is 131 Å². The van der Waals surface area contributed by atoms with Crippen LogP contribution in [-0.2, 0) is 9.59 Å². The molecule has 0 aliphatic carbocycles. The predicted molar refractivity (Wildman–Crippen MR) is 79.2 cm³/mol. The molecule has 0 spiro atoms. The fraction of sp³-hybridized carbons (Fsp3) is 0.125. The molecule has 0 unspecified atom stereocenters. The molecule has 0 radical (unpaired) electrons. The van der Waals surface area contributed by atoms with Gasteiger partial charge in [0.05, 0.1) is 0 Å². The monoisotopic (exact) mass is 318 g/mol. The summed E-state index contributed by atoms with van der Waals surface area (Å²) in [4.78, 5) is 20.8. The summed E-state index contributed by atoms with van der Waals surface area (Å²) in [7, 11) is 0. The standard InChI is InChI=1S/C16H14O7/c17-15(18)9-21-11-1-5-13(6-2-11)23-14-7-3-12(4-8-14)22-10-16(19)20/h1-8H,9-10H2,(H,17,18)(H,19,20). The topological polar surface area (TPSA) is 102 Å². The van der Waals surface area contributed by atoms with Crippen molar-refractivity contribution < 1.29 is 34.0 Å². The number of carboxylic acid groups (broad SMARTS) is 2. The predicted octanol–water partition coefficient (Wildman–Crippen LogP) is 2.41. The fourth-order valence-electron chi connectivity index (χ4n) is 1.63. The molecule has 0 saturated heterocycles. The van der Waals surface area contributed by atoms with Crippen LogP contribution in [0.5, 0.6) is 23.0 Å². The second kappa shape index (κ2) is 7.69. The van der Waals surface area contributed by atoms with Crippen LogP contribution in [0, 0.1) is 0 Å². The van der Waals surface area contributed by atoms with Crippen LogP contribution < -0.4 is 14.2 Å². The van der Waals surface area contributed by atoms with Crippen molar-refractivity contribution in [3.05, 3.63) is 48.5 Å². The number of hydrogen-bond donors (Lipinski definition) is 2. The van der Waals surface area contributed by atoms with Crippen LogP contribution in [0.2, 0.25) is 0 Å². The minimum atomic E-state index is -1.05. The van der Waals surface area contributed by atoms with E-state index in [1.807, 2.05) is 0 Å². The molecule has 7 heteroatoms. The molecule has 0 fully saturated rings. The van der Waals surface area contributed by atoms with Gasteiger partial charge < -0.3 is 24.4 Å². The maximum Gasteiger partial charge on any atom is 0.341 e. The van der Waals surface area contributed by atoms with Crippen molar-refractivity contribution in [2.75, 3.05) is 13.2 Å². The molecular weight excluding hydrogens is 304 g/mol. The van der Waals surface area contributed by atoms with Gasteiger partial charge in [0.2, 0.25) is 0 Å². The highest BCUT2D eigenvalue weighted by Gasteiger charge is 2.03. The van der Waals surface area contributed by atoms with E-state index in [0.717, 1.165) is 0 Å². The van der Waals surface area contributed by atoms with E-state index in [1.54, 1.807) is 48.5 Å². The van der Waals surface area contributed by atoms with Gasteiger partial charge in [0.15, 0.2) is 13.2 Å². The molecule has 0 heterocycles. The van der Waals surface area contributed by atoms with Gasteiger partial charge in [-0.3, -0.25) is 0 Å². The van der Waals surface area contributed by atoms with Gasteiger partial charge in [-0.05, 0) is 48.5 Å². The van der Waals surface area contributed by atoms with Crippen LogP contribution in [-0.4, -0.2) is 35.4 Å². The molecule has 2 N–H and O–H groups in total. The summed E-state index contributed by atoms with van der Waals surface area (Å²) in [6.45, 7) is -0.810. The summed E-state index contributed by atoms with van der Waals surface area (Å²) in [6, 6.07) is 13.0. The smallest absolute Gasteiger partial charge is 0.341 e. The first kappa shape index (κ1) is 16.2. The first-order chi connectivity index (χ1) is 11.0. The Hall–Kier alpha value is -3.22. The number of rotatable bonds is 8. The Morgan fingerprint density at radius 1 is 0.652 bits per heavy atom. The van der Waals surface area contributed by atoms with E-state index in [9.17, 15) is 9.59 Å². The largest absolute Gasteiger partial charge is 0.482 e. The molecule has 0 atom stereocenters. The lowest BCUT2D eigenvalue weighted by molar-refractivity contribution is -0.140. The highest BCUT2D eigenvalue weighted by Crippen LogP contribution is 2.25. The quantitative estimate of drug-likeness (QED) is 0.770. The van der Waals surface area contributed by atoms with Crippen LogP contribution >= 0.6 is 0 Å². The lowest BCUT2D eigenvalue weighted by Gasteiger charge is -2.08. The third kappa shape index (κ3) is 5.58. The number of carboxylic acids is 2. The number of carbonyl (C=O) groups is 2. The molecule has 23 heavy (non-hydrogen) atoms. The summed E-state index contributed by atoms with van der Waals surface area (Å²) >= 11 is 0. The summed E-state index contributed by atoms with van der Waals surface area (Å²) in [5, 5.41) is 17.0. The zero-order chi connectivity index (χ0) is 16.7. The minimum absolute atomic E-state index is 0.405. The Kier molecular flexibility index (Phi) is 5.40. The van der Waals surface area contributed by atoms with Gasteiger partial charge in [-0.25, -0.2) is 9.59 Å². The van der Waals surface area contributed by atoms with E-state index in [4.69, 9.17) is 24.4 Å². The molecule has 2 rings (SSSR count). The lowest BCUT2D eigenvalue weighted by atomic mass is 10.3. The lowest BCUT2D eigenvalue weighted by Crippen LogP contribution is -2.09. The Morgan fingerprint density at radius 3 is 1.26 bits per heavy atom. The third-order valence-corrected chi connectivity index (χ3v) is 2.61. The van der Waals surface area contributed by atoms with Gasteiger partial charge >= 0.3 is 11.9 Å². The van der Waals surface area contributed by atoms with E-state index in [1.165, 1.54) is 0 Å². The molecular formula is C16H14O7. The summed E-state index contributed by atoms with van der Waals surface area (Å²) in [5.41, 5.74) is 0. The van der Waals surface area contributed by atoms with Gasteiger partial charge in [0.25, 0.3) is 0 Å². The van der Waals surface area contributed by atoms with Crippen molar-refractivity contribution in [1.29, 1.82) is 0 Å². The van der Waals surface area contributed by atoms with Crippen molar-refractivity contribution in [1.82, 2.24) is 0 Å². The number of benzene rings is 2. The number of hydrogen-bond acceptors (Lipinski definition) is 5. The summed E-state index contributed by atoms with van der Waals surface area (Å²) < 4.78 is 15.6. The van der Waals surface area contributed by atoms with E-state index in [-0.39, 0.29) is 0 Å². The average Bonchev–Trinajstić information content (AvgIpc) is 2.53. The summed E-state index contributed by atoms with van der Waals surface area (Å²) in [6.07, 6.45) is 0. The fourth-order valence-corrected chi connectivity index (χ4v) is 1.63. The van der Waals surface area contributed by atoms with Crippen molar-refractivity contribution in [2.24, 2.45) is 0 Å². The first-order valence-electron chi connectivity index (χ1n) is 6.60. The Morgan fingerprint density at radius 2 is 0.957 bits per heavy atom. The average molecular weight is 318 g/mol. The highest BCUT2D eigenvalue weighted by atomic mass is 16.5. The zero-order valence-corrected chi connectivity index (χ0v) is 12.0. The van der Waals surface area contributed by atoms with E-state index < -0.39 is 25.2 Å². The SMILES string of the molecule is O=C(O)COc1ccc(Oc2ccc(OCC(=O)O)cc2)cc1. The van der Waals surface area contributed by atoms with E-state index >= 15 is 0 Å². The van der Waals surface area contributed by atoms with E-state index in [0.29, 0.717) is 23.0 Å². The third-order valence-electron chi connectivity index (χ3n) is 2.61. The number of ether oxygens (including phenoxy) is 3. The van der Waals surface area contributed by atoms with Crippen molar-refractivity contribution >= 4 is 11.9 Å². The Bertz CT molecular complexity index is 602. The molecule has 0 aliphatic heterocycles. The minimum Gasteiger partial charge on any atom is -0.482 e. The molecule has 120 valence electrons. The molecule has 0 aliphatic rings. The molecule has 2 aromatic rings. The molecule has 0 amide bonds.